The van der Waals surface area contributed by atoms with Crippen molar-refractivity contribution in [1.82, 2.24) is 9.80 Å². The summed E-state index contributed by atoms with van der Waals surface area (Å²) in [6, 6.07) is 16.8. The second-order valence-corrected chi connectivity index (χ2v) is 8.13. The van der Waals surface area contributed by atoms with E-state index in [9.17, 15) is 4.79 Å². The molecule has 1 amide bonds. The predicted octanol–water partition coefficient (Wildman–Crippen LogP) is 2.89. The van der Waals surface area contributed by atoms with E-state index in [0.29, 0.717) is 11.6 Å². The number of piperidine rings is 1. The minimum absolute atomic E-state index is 0.366. The highest BCUT2D eigenvalue weighted by atomic mass is 16.5. The second kappa shape index (κ2) is 8.33. The van der Waals surface area contributed by atoms with Gasteiger partial charge in [0.2, 0.25) is 5.91 Å². The van der Waals surface area contributed by atoms with Gasteiger partial charge in [0.25, 0.3) is 0 Å². The monoisotopic (exact) mass is 379 g/mol. The summed E-state index contributed by atoms with van der Waals surface area (Å²) in [7, 11) is 1.71. The molecule has 3 heterocycles. The molecule has 3 saturated heterocycles. The van der Waals surface area contributed by atoms with Crippen LogP contribution in [0.1, 0.15) is 34.3 Å². The number of primary amides is 1. The average molecular weight is 380 g/mol. The van der Waals surface area contributed by atoms with Crippen LogP contribution in [-0.2, 0) is 13.1 Å². The van der Waals surface area contributed by atoms with Gasteiger partial charge in [-0.25, -0.2) is 0 Å². The number of rotatable bonds is 6. The molecule has 0 unspecified atom stereocenters. The first-order chi connectivity index (χ1) is 13.6. The number of benzene rings is 2. The van der Waals surface area contributed by atoms with Gasteiger partial charge < -0.3 is 10.5 Å². The maximum absolute atomic E-state index is 11.3. The van der Waals surface area contributed by atoms with Crippen molar-refractivity contribution >= 4 is 5.91 Å². The van der Waals surface area contributed by atoms with E-state index >= 15 is 0 Å². The van der Waals surface area contributed by atoms with Crippen LogP contribution < -0.4 is 10.5 Å². The van der Waals surface area contributed by atoms with Gasteiger partial charge in [-0.3, -0.25) is 14.6 Å². The van der Waals surface area contributed by atoms with Crippen molar-refractivity contribution in [3.05, 3.63) is 65.2 Å². The van der Waals surface area contributed by atoms with Gasteiger partial charge in [-0.15, -0.1) is 0 Å². The van der Waals surface area contributed by atoms with Gasteiger partial charge in [-0.1, -0.05) is 24.3 Å². The Morgan fingerprint density at radius 1 is 0.964 bits per heavy atom. The van der Waals surface area contributed by atoms with Gasteiger partial charge in [-0.2, -0.15) is 0 Å². The van der Waals surface area contributed by atoms with E-state index < -0.39 is 0 Å². The maximum Gasteiger partial charge on any atom is 0.248 e. The molecular formula is C23H29N3O2. The summed E-state index contributed by atoms with van der Waals surface area (Å²) in [6.07, 6.45) is 2.59. The molecule has 3 aliphatic rings. The lowest BCUT2D eigenvalue weighted by molar-refractivity contribution is 0.1000. The summed E-state index contributed by atoms with van der Waals surface area (Å²) in [4.78, 5) is 16.5. The molecule has 2 bridgehead atoms. The first-order valence-electron chi connectivity index (χ1n) is 10.1. The molecule has 0 aromatic heterocycles. The zero-order valence-corrected chi connectivity index (χ0v) is 16.5. The molecule has 5 rings (SSSR count). The quantitative estimate of drug-likeness (QED) is 0.838. The van der Waals surface area contributed by atoms with Crippen LogP contribution >= 0.6 is 0 Å². The number of fused-ring (bicyclic) bond motifs is 4. The lowest BCUT2D eigenvalue weighted by Gasteiger charge is -2.36. The number of nitrogens with two attached hydrogens (primary N) is 1. The van der Waals surface area contributed by atoms with Gasteiger partial charge in [0.15, 0.2) is 0 Å². The normalized spacial score (nSPS) is 22.8. The Morgan fingerprint density at radius 2 is 1.64 bits per heavy atom. The van der Waals surface area contributed by atoms with Gasteiger partial charge in [0, 0.05) is 44.3 Å². The molecule has 3 aliphatic heterocycles. The van der Waals surface area contributed by atoms with E-state index in [1.807, 2.05) is 36.4 Å². The lowest BCUT2D eigenvalue weighted by atomic mass is 9.94. The van der Waals surface area contributed by atoms with Crippen molar-refractivity contribution in [1.29, 1.82) is 0 Å². The summed E-state index contributed by atoms with van der Waals surface area (Å²) in [5.74, 6) is 1.27. The highest BCUT2D eigenvalue weighted by Gasteiger charge is 2.34. The average Bonchev–Trinajstić information content (AvgIpc) is 2.99. The van der Waals surface area contributed by atoms with E-state index in [0.717, 1.165) is 37.8 Å². The van der Waals surface area contributed by atoms with Gasteiger partial charge in [0.05, 0.1) is 7.11 Å². The number of nitrogens with zero attached hydrogens (tertiary/aromatic N) is 2. The fourth-order valence-electron chi connectivity index (χ4n) is 4.60. The standard InChI is InChI=1S/C23H29N3O2/c1-28-22-10-5-17(6-11-22)12-25-13-19-4-9-21(16-25)26(15-19)14-18-2-7-20(8-3-18)23(24)27/h2-3,5-8,10-11,19,21H,4,9,12-16H2,1H3,(H2,24,27)/t19-,21+/m0/s1. The van der Waals surface area contributed by atoms with Crippen molar-refractivity contribution in [2.24, 2.45) is 11.7 Å². The van der Waals surface area contributed by atoms with Gasteiger partial charge >= 0.3 is 0 Å². The largest absolute Gasteiger partial charge is 0.497 e. The number of amides is 1. The highest BCUT2D eigenvalue weighted by Crippen LogP contribution is 2.30. The van der Waals surface area contributed by atoms with Crippen LogP contribution in [0.15, 0.2) is 48.5 Å². The maximum atomic E-state index is 11.3. The van der Waals surface area contributed by atoms with Crippen molar-refractivity contribution in [2.45, 2.75) is 32.0 Å². The Labute approximate surface area is 167 Å². The van der Waals surface area contributed by atoms with Crippen molar-refractivity contribution < 1.29 is 9.53 Å². The Morgan fingerprint density at radius 3 is 2.32 bits per heavy atom. The van der Waals surface area contributed by atoms with Crippen molar-refractivity contribution in [2.75, 3.05) is 26.7 Å². The van der Waals surface area contributed by atoms with E-state index in [1.54, 1.807) is 7.11 Å². The third-order valence-corrected chi connectivity index (χ3v) is 6.09. The molecule has 5 nitrogen and oxygen atoms in total. The van der Waals surface area contributed by atoms with Crippen molar-refractivity contribution in [3.63, 3.8) is 0 Å². The molecule has 2 N–H and O–H groups in total. The Hall–Kier alpha value is -2.37. The van der Waals surface area contributed by atoms with Crippen LogP contribution in [0.4, 0.5) is 0 Å². The topological polar surface area (TPSA) is 58.8 Å². The molecule has 0 saturated carbocycles. The molecular weight excluding hydrogens is 350 g/mol. The minimum Gasteiger partial charge on any atom is -0.497 e. The smallest absolute Gasteiger partial charge is 0.248 e. The molecule has 2 aromatic carbocycles. The van der Waals surface area contributed by atoms with Crippen LogP contribution in [0.5, 0.6) is 5.75 Å². The molecule has 3 fully saturated rings. The van der Waals surface area contributed by atoms with E-state index in [1.165, 1.54) is 30.5 Å². The molecule has 0 aliphatic carbocycles. The number of hydrogen-bond donors (Lipinski definition) is 1. The molecule has 2 aromatic rings. The number of carbonyl (C=O) groups excluding carboxylic acids is 1. The summed E-state index contributed by atoms with van der Waals surface area (Å²) in [6.45, 7) is 5.37. The zero-order valence-electron chi connectivity index (χ0n) is 16.5. The summed E-state index contributed by atoms with van der Waals surface area (Å²) >= 11 is 0. The van der Waals surface area contributed by atoms with Crippen molar-refractivity contribution in [3.8, 4) is 5.75 Å². The van der Waals surface area contributed by atoms with E-state index in [-0.39, 0.29) is 5.91 Å². The SMILES string of the molecule is COc1ccc(CN2C[C@@H]3CC[C@H](C2)N(Cc2ccc(C(N)=O)cc2)C3)cc1. The summed E-state index contributed by atoms with van der Waals surface area (Å²) in [5.41, 5.74) is 8.52. The van der Waals surface area contributed by atoms with Crippen LogP contribution in [0, 0.1) is 5.92 Å². The number of ether oxygens (including phenoxy) is 1. The molecule has 2 atom stereocenters. The van der Waals surface area contributed by atoms with Crippen LogP contribution in [0.2, 0.25) is 0 Å². The third-order valence-electron chi connectivity index (χ3n) is 6.09. The Bertz CT molecular complexity index is 804. The zero-order chi connectivity index (χ0) is 19.5. The molecule has 28 heavy (non-hydrogen) atoms. The summed E-state index contributed by atoms with van der Waals surface area (Å²) in [5, 5.41) is 0. The first kappa shape index (κ1) is 19.0. The minimum atomic E-state index is -0.366. The van der Waals surface area contributed by atoms with Gasteiger partial charge in [0.1, 0.15) is 5.75 Å². The van der Waals surface area contributed by atoms with Crippen LogP contribution in [-0.4, -0.2) is 48.5 Å². The number of carbonyl (C=O) groups is 1. The Balaban J connectivity index is 1.40. The lowest BCUT2D eigenvalue weighted by Crippen LogP contribution is -2.43. The molecule has 148 valence electrons. The van der Waals surface area contributed by atoms with Crippen LogP contribution in [0.3, 0.4) is 0 Å². The molecule has 0 spiro atoms. The number of hydrogen-bond acceptors (Lipinski definition) is 4. The van der Waals surface area contributed by atoms with Crippen LogP contribution in [0.25, 0.3) is 0 Å². The second-order valence-electron chi connectivity index (χ2n) is 8.13. The predicted molar refractivity (Wildman–Crippen MR) is 110 cm³/mol. The molecule has 0 radical (unpaired) electrons. The Kier molecular flexibility index (Phi) is 5.64. The summed E-state index contributed by atoms with van der Waals surface area (Å²) < 4.78 is 5.27. The first-order valence-corrected chi connectivity index (χ1v) is 10.1. The highest BCUT2D eigenvalue weighted by molar-refractivity contribution is 5.92. The van der Waals surface area contributed by atoms with E-state index in [4.69, 9.17) is 10.5 Å². The fraction of sp³-hybridized carbons (Fsp3) is 0.435. The third kappa shape index (κ3) is 4.37. The number of methoxy groups -OCH3 is 1. The molecule has 5 heteroatoms. The van der Waals surface area contributed by atoms with E-state index in [2.05, 4.69) is 21.9 Å². The van der Waals surface area contributed by atoms with Gasteiger partial charge in [-0.05, 0) is 54.2 Å². The fourth-order valence-corrected chi connectivity index (χ4v) is 4.60.